The van der Waals surface area contributed by atoms with Gasteiger partial charge in [0, 0.05) is 64.4 Å². The van der Waals surface area contributed by atoms with Gasteiger partial charge in [0.2, 0.25) is 0 Å². The first-order valence-electron chi connectivity index (χ1n) is 9.80. The number of piperazine rings is 1. The summed E-state index contributed by atoms with van der Waals surface area (Å²) in [6.45, 7) is 17.4. The van der Waals surface area contributed by atoms with E-state index in [-0.39, 0.29) is 0 Å². The monoisotopic (exact) mass is 337 g/mol. The fraction of sp³-hybridized carbons (Fsp3) is 0.944. The van der Waals surface area contributed by atoms with Crippen molar-refractivity contribution < 1.29 is 4.74 Å². The molecule has 0 aliphatic carbocycles. The molecular weight excluding hydrogens is 302 g/mol. The topological polar surface area (TPSA) is 43.3 Å². The minimum atomic E-state index is 0.396. The number of guanidine groups is 1. The van der Waals surface area contributed by atoms with Crippen molar-refractivity contribution in [1.82, 2.24) is 20.0 Å². The second-order valence-corrected chi connectivity index (χ2v) is 7.49. The number of aliphatic imine (C=N–C) groups is 1. The van der Waals surface area contributed by atoms with Gasteiger partial charge in [-0.2, -0.15) is 0 Å². The van der Waals surface area contributed by atoms with E-state index in [0.717, 1.165) is 51.9 Å². The van der Waals surface area contributed by atoms with Crippen LogP contribution >= 0.6 is 0 Å². The van der Waals surface area contributed by atoms with Gasteiger partial charge in [-0.3, -0.25) is 9.89 Å². The van der Waals surface area contributed by atoms with Crippen LogP contribution in [0.5, 0.6) is 0 Å². The quantitative estimate of drug-likeness (QED) is 0.591. The third-order valence-corrected chi connectivity index (χ3v) is 5.85. The largest absolute Gasteiger partial charge is 0.381 e. The van der Waals surface area contributed by atoms with Crippen molar-refractivity contribution in [1.29, 1.82) is 0 Å². The van der Waals surface area contributed by atoms with Gasteiger partial charge >= 0.3 is 0 Å². The molecule has 24 heavy (non-hydrogen) atoms. The van der Waals surface area contributed by atoms with Crippen LogP contribution in [0.1, 0.15) is 26.7 Å². The van der Waals surface area contributed by atoms with E-state index >= 15 is 0 Å². The van der Waals surface area contributed by atoms with Crippen LogP contribution in [0.3, 0.4) is 0 Å². The molecule has 3 fully saturated rings. The Labute approximate surface area is 147 Å². The third-order valence-electron chi connectivity index (χ3n) is 5.85. The van der Waals surface area contributed by atoms with Gasteiger partial charge in [-0.1, -0.05) is 6.92 Å². The summed E-state index contributed by atoms with van der Waals surface area (Å²) in [5.74, 6) is 1.11. The lowest BCUT2D eigenvalue weighted by atomic mass is 9.87. The van der Waals surface area contributed by atoms with Crippen LogP contribution in [0.4, 0.5) is 0 Å². The molecule has 1 N–H and O–H groups in total. The molecule has 3 saturated heterocycles. The fourth-order valence-electron chi connectivity index (χ4n) is 4.14. The predicted molar refractivity (Wildman–Crippen MR) is 98.6 cm³/mol. The zero-order valence-electron chi connectivity index (χ0n) is 15.6. The molecule has 3 heterocycles. The molecule has 1 atom stereocenters. The van der Waals surface area contributed by atoms with E-state index in [1.807, 2.05) is 0 Å². The SMILES string of the molecule is CCNC(=NCCN1CCN(CC)CC1)N1CCC2(CCOC2)C1. The molecule has 3 aliphatic heterocycles. The molecular formula is C18H35N5O. The Morgan fingerprint density at radius 3 is 2.54 bits per heavy atom. The Morgan fingerprint density at radius 1 is 1.08 bits per heavy atom. The van der Waals surface area contributed by atoms with E-state index < -0.39 is 0 Å². The number of hydrogen-bond acceptors (Lipinski definition) is 4. The van der Waals surface area contributed by atoms with E-state index in [1.165, 1.54) is 45.6 Å². The van der Waals surface area contributed by atoms with Crippen LogP contribution < -0.4 is 5.32 Å². The summed E-state index contributed by atoms with van der Waals surface area (Å²) in [5.41, 5.74) is 0.396. The van der Waals surface area contributed by atoms with Crippen molar-refractivity contribution in [2.75, 3.05) is 78.7 Å². The summed E-state index contributed by atoms with van der Waals surface area (Å²) in [6.07, 6.45) is 2.46. The number of likely N-dealkylation sites (tertiary alicyclic amines) is 1. The molecule has 0 aromatic rings. The van der Waals surface area contributed by atoms with Crippen molar-refractivity contribution >= 4 is 5.96 Å². The zero-order valence-corrected chi connectivity index (χ0v) is 15.6. The lowest BCUT2D eigenvalue weighted by Crippen LogP contribution is -2.47. The van der Waals surface area contributed by atoms with E-state index in [9.17, 15) is 0 Å². The first-order chi connectivity index (χ1) is 11.7. The van der Waals surface area contributed by atoms with E-state index in [4.69, 9.17) is 9.73 Å². The second-order valence-electron chi connectivity index (χ2n) is 7.49. The number of nitrogens with one attached hydrogen (secondary N) is 1. The van der Waals surface area contributed by atoms with E-state index in [2.05, 4.69) is 33.9 Å². The van der Waals surface area contributed by atoms with Gasteiger partial charge in [-0.05, 0) is 26.3 Å². The average molecular weight is 338 g/mol. The standard InChI is InChI=1S/C18H35N5O/c1-3-19-17(23-8-5-18(15-23)6-14-24-16-18)20-7-9-22-12-10-21(4-2)11-13-22/h3-16H2,1-2H3,(H,19,20). The molecule has 0 bridgehead atoms. The molecule has 1 unspecified atom stereocenters. The first kappa shape index (κ1) is 18.0. The lowest BCUT2D eigenvalue weighted by Gasteiger charge is -2.33. The highest BCUT2D eigenvalue weighted by Gasteiger charge is 2.42. The molecule has 6 nitrogen and oxygen atoms in total. The van der Waals surface area contributed by atoms with Crippen LogP contribution in [-0.4, -0.2) is 99.3 Å². The number of rotatable bonds is 5. The minimum absolute atomic E-state index is 0.396. The summed E-state index contributed by atoms with van der Waals surface area (Å²) in [4.78, 5) is 12.4. The highest BCUT2D eigenvalue weighted by atomic mass is 16.5. The van der Waals surface area contributed by atoms with Gasteiger partial charge < -0.3 is 19.9 Å². The van der Waals surface area contributed by atoms with Gasteiger partial charge in [0.1, 0.15) is 0 Å². The molecule has 0 aromatic heterocycles. The highest BCUT2D eigenvalue weighted by molar-refractivity contribution is 5.80. The van der Waals surface area contributed by atoms with Crippen LogP contribution in [0.15, 0.2) is 4.99 Å². The first-order valence-corrected chi connectivity index (χ1v) is 9.80. The van der Waals surface area contributed by atoms with E-state index in [1.54, 1.807) is 0 Å². The number of ether oxygens (including phenoxy) is 1. The van der Waals surface area contributed by atoms with Gasteiger partial charge in [-0.25, -0.2) is 0 Å². The van der Waals surface area contributed by atoms with Gasteiger partial charge in [-0.15, -0.1) is 0 Å². The van der Waals surface area contributed by atoms with Gasteiger partial charge in [0.05, 0.1) is 13.2 Å². The van der Waals surface area contributed by atoms with Crippen LogP contribution in [0.25, 0.3) is 0 Å². The minimum Gasteiger partial charge on any atom is -0.381 e. The van der Waals surface area contributed by atoms with Gasteiger partial charge in [0.25, 0.3) is 0 Å². The van der Waals surface area contributed by atoms with E-state index in [0.29, 0.717) is 5.41 Å². The molecule has 6 heteroatoms. The number of hydrogen-bond donors (Lipinski definition) is 1. The molecule has 0 radical (unpaired) electrons. The van der Waals surface area contributed by atoms with Crippen molar-refractivity contribution in [3.05, 3.63) is 0 Å². The second kappa shape index (κ2) is 8.50. The molecule has 0 amide bonds. The fourth-order valence-corrected chi connectivity index (χ4v) is 4.14. The predicted octanol–water partition coefficient (Wildman–Crippen LogP) is 0.702. The summed E-state index contributed by atoms with van der Waals surface area (Å²) >= 11 is 0. The third kappa shape index (κ3) is 4.41. The normalized spacial score (nSPS) is 29.8. The molecule has 3 rings (SSSR count). The molecule has 0 aromatic carbocycles. The Balaban J connectivity index is 1.47. The smallest absolute Gasteiger partial charge is 0.193 e. The van der Waals surface area contributed by atoms with Crippen molar-refractivity contribution in [3.8, 4) is 0 Å². The van der Waals surface area contributed by atoms with Gasteiger partial charge in [0.15, 0.2) is 5.96 Å². The Morgan fingerprint density at radius 2 is 1.88 bits per heavy atom. The Kier molecular flexibility index (Phi) is 6.36. The highest BCUT2D eigenvalue weighted by Crippen LogP contribution is 2.38. The summed E-state index contributed by atoms with van der Waals surface area (Å²) < 4.78 is 5.65. The lowest BCUT2D eigenvalue weighted by molar-refractivity contribution is 0.140. The summed E-state index contributed by atoms with van der Waals surface area (Å²) in [5, 5.41) is 3.49. The molecule has 1 spiro atoms. The number of likely N-dealkylation sites (N-methyl/N-ethyl adjacent to an activating group) is 1. The van der Waals surface area contributed by atoms with Crippen molar-refractivity contribution in [2.45, 2.75) is 26.7 Å². The Hall–Kier alpha value is -0.850. The Bertz CT molecular complexity index is 414. The van der Waals surface area contributed by atoms with Crippen LogP contribution in [-0.2, 0) is 4.74 Å². The summed E-state index contributed by atoms with van der Waals surface area (Å²) in [7, 11) is 0. The summed E-state index contributed by atoms with van der Waals surface area (Å²) in [6, 6.07) is 0. The number of nitrogens with zero attached hydrogens (tertiary/aromatic N) is 4. The van der Waals surface area contributed by atoms with Crippen molar-refractivity contribution in [2.24, 2.45) is 10.4 Å². The molecule has 138 valence electrons. The van der Waals surface area contributed by atoms with Crippen LogP contribution in [0.2, 0.25) is 0 Å². The maximum atomic E-state index is 5.65. The van der Waals surface area contributed by atoms with Crippen molar-refractivity contribution in [3.63, 3.8) is 0 Å². The average Bonchev–Trinajstić information content (AvgIpc) is 3.25. The van der Waals surface area contributed by atoms with Crippen LogP contribution in [0, 0.1) is 5.41 Å². The maximum Gasteiger partial charge on any atom is 0.193 e. The zero-order chi connectivity index (χ0) is 16.8. The molecule has 0 saturated carbocycles. The maximum absolute atomic E-state index is 5.65. The molecule has 3 aliphatic rings.